The second kappa shape index (κ2) is 6.10. The minimum absolute atomic E-state index is 0.103. The zero-order valence-electron chi connectivity index (χ0n) is 12.2. The molecule has 2 heterocycles. The first-order valence-electron chi connectivity index (χ1n) is 7.68. The summed E-state index contributed by atoms with van der Waals surface area (Å²) in [6.45, 7) is 8.48. The lowest BCUT2D eigenvalue weighted by atomic mass is 9.96. The van der Waals surface area contributed by atoms with E-state index in [0.717, 1.165) is 50.9 Å². The highest BCUT2D eigenvalue weighted by Crippen LogP contribution is 2.22. The van der Waals surface area contributed by atoms with Crippen LogP contribution in [0.5, 0.6) is 0 Å². The van der Waals surface area contributed by atoms with Crippen molar-refractivity contribution in [2.45, 2.75) is 19.4 Å². The molecule has 2 fully saturated rings. The molecule has 0 radical (unpaired) electrons. The van der Waals surface area contributed by atoms with Crippen LogP contribution in [0, 0.1) is 11.7 Å². The van der Waals surface area contributed by atoms with E-state index in [1.807, 2.05) is 12.1 Å². The van der Waals surface area contributed by atoms with Gasteiger partial charge in [-0.25, -0.2) is 4.39 Å². The molecule has 0 amide bonds. The van der Waals surface area contributed by atoms with E-state index in [1.165, 1.54) is 6.42 Å². The minimum Gasteiger partial charge on any atom is -0.367 e. The van der Waals surface area contributed by atoms with E-state index in [-0.39, 0.29) is 5.82 Å². The Morgan fingerprint density at radius 1 is 1.10 bits per heavy atom. The molecule has 1 N–H and O–H groups in total. The van der Waals surface area contributed by atoms with E-state index < -0.39 is 0 Å². The Kier molecular flexibility index (Phi) is 4.22. The second-order valence-corrected chi connectivity index (χ2v) is 6.13. The van der Waals surface area contributed by atoms with Gasteiger partial charge in [0.1, 0.15) is 5.82 Å². The number of halogens is 1. The van der Waals surface area contributed by atoms with Crippen LogP contribution in [0.1, 0.15) is 13.3 Å². The van der Waals surface area contributed by atoms with Gasteiger partial charge in [-0.15, -0.1) is 0 Å². The molecule has 0 bridgehead atoms. The molecule has 2 atom stereocenters. The molecule has 0 aliphatic carbocycles. The van der Waals surface area contributed by atoms with E-state index in [2.05, 4.69) is 22.0 Å². The maximum absolute atomic E-state index is 13.8. The van der Waals surface area contributed by atoms with Crippen LogP contribution in [0.15, 0.2) is 24.3 Å². The van der Waals surface area contributed by atoms with Crippen LogP contribution in [0.3, 0.4) is 0 Å². The molecule has 0 aromatic heterocycles. The monoisotopic (exact) mass is 277 g/mol. The summed E-state index contributed by atoms with van der Waals surface area (Å²) in [5.41, 5.74) is 0.752. The lowest BCUT2D eigenvalue weighted by Crippen LogP contribution is -2.55. The van der Waals surface area contributed by atoms with E-state index in [9.17, 15) is 4.39 Å². The Labute approximate surface area is 120 Å². The summed E-state index contributed by atoms with van der Waals surface area (Å²) in [5.74, 6) is 0.659. The van der Waals surface area contributed by atoms with Crippen molar-refractivity contribution in [3.8, 4) is 0 Å². The standard InChI is InChI=1S/C16H24FN3/c1-13-10-14(12-18-11-13)19-6-8-20(9-7-19)16-5-3-2-4-15(16)17/h2-5,13-14,18H,6-12H2,1H3. The molecule has 2 aliphatic heterocycles. The third-order valence-electron chi connectivity index (χ3n) is 4.57. The molecule has 2 unspecified atom stereocenters. The number of anilines is 1. The number of rotatable bonds is 2. The van der Waals surface area contributed by atoms with Gasteiger partial charge in [0.05, 0.1) is 5.69 Å². The maximum Gasteiger partial charge on any atom is 0.146 e. The van der Waals surface area contributed by atoms with Gasteiger partial charge in [-0.05, 0) is 31.0 Å². The highest BCUT2D eigenvalue weighted by Gasteiger charge is 2.27. The largest absolute Gasteiger partial charge is 0.367 e. The first kappa shape index (κ1) is 13.8. The van der Waals surface area contributed by atoms with Gasteiger partial charge in [-0.2, -0.15) is 0 Å². The molecular weight excluding hydrogens is 253 g/mol. The Morgan fingerprint density at radius 2 is 1.85 bits per heavy atom. The molecule has 110 valence electrons. The summed E-state index contributed by atoms with van der Waals surface area (Å²) >= 11 is 0. The number of hydrogen-bond acceptors (Lipinski definition) is 3. The highest BCUT2D eigenvalue weighted by atomic mass is 19.1. The summed E-state index contributed by atoms with van der Waals surface area (Å²) in [7, 11) is 0. The van der Waals surface area contributed by atoms with Crippen molar-refractivity contribution in [1.29, 1.82) is 0 Å². The minimum atomic E-state index is -0.103. The average Bonchev–Trinajstić information content (AvgIpc) is 2.48. The molecule has 4 heteroatoms. The molecule has 0 spiro atoms. The van der Waals surface area contributed by atoms with Crippen LogP contribution in [-0.2, 0) is 0 Å². The van der Waals surface area contributed by atoms with Crippen LogP contribution < -0.4 is 10.2 Å². The van der Waals surface area contributed by atoms with Crippen molar-refractivity contribution in [2.24, 2.45) is 5.92 Å². The second-order valence-electron chi connectivity index (χ2n) is 6.13. The summed E-state index contributed by atoms with van der Waals surface area (Å²) in [6, 6.07) is 7.76. The predicted octanol–water partition coefficient (Wildman–Crippen LogP) is 1.95. The molecule has 20 heavy (non-hydrogen) atoms. The zero-order valence-corrected chi connectivity index (χ0v) is 12.2. The van der Waals surface area contributed by atoms with E-state index in [4.69, 9.17) is 0 Å². The molecule has 2 aliphatic rings. The van der Waals surface area contributed by atoms with E-state index in [0.29, 0.717) is 6.04 Å². The fourth-order valence-corrected chi connectivity index (χ4v) is 3.44. The normalized spacial score (nSPS) is 28.6. The summed E-state index contributed by atoms with van der Waals surface area (Å²) in [5, 5.41) is 3.52. The number of hydrogen-bond donors (Lipinski definition) is 1. The topological polar surface area (TPSA) is 18.5 Å². The summed E-state index contributed by atoms with van der Waals surface area (Å²) in [6.07, 6.45) is 1.28. The van der Waals surface area contributed by atoms with Crippen LogP contribution in [0.25, 0.3) is 0 Å². The Morgan fingerprint density at radius 3 is 2.55 bits per heavy atom. The zero-order chi connectivity index (χ0) is 13.9. The lowest BCUT2D eigenvalue weighted by Gasteiger charge is -2.42. The third kappa shape index (κ3) is 2.96. The number of nitrogens with one attached hydrogen (secondary N) is 1. The molecule has 1 aromatic rings. The number of nitrogens with zero attached hydrogens (tertiary/aromatic N) is 2. The number of piperidine rings is 1. The highest BCUT2D eigenvalue weighted by molar-refractivity contribution is 5.48. The van der Waals surface area contributed by atoms with Crippen molar-refractivity contribution in [3.63, 3.8) is 0 Å². The lowest BCUT2D eigenvalue weighted by molar-refractivity contribution is 0.138. The molecule has 0 saturated carbocycles. The van der Waals surface area contributed by atoms with Gasteiger partial charge in [0.25, 0.3) is 0 Å². The van der Waals surface area contributed by atoms with E-state index in [1.54, 1.807) is 12.1 Å². The molecule has 3 nitrogen and oxygen atoms in total. The predicted molar refractivity (Wildman–Crippen MR) is 80.6 cm³/mol. The van der Waals surface area contributed by atoms with Gasteiger partial charge < -0.3 is 10.2 Å². The molecular formula is C16H24FN3. The summed E-state index contributed by atoms with van der Waals surface area (Å²) in [4.78, 5) is 4.74. The van der Waals surface area contributed by atoms with Gasteiger partial charge in [0, 0.05) is 38.8 Å². The number of benzene rings is 1. The van der Waals surface area contributed by atoms with Crippen LogP contribution in [0.4, 0.5) is 10.1 Å². The fourth-order valence-electron chi connectivity index (χ4n) is 3.44. The maximum atomic E-state index is 13.8. The van der Waals surface area contributed by atoms with Crippen LogP contribution in [0.2, 0.25) is 0 Å². The molecule has 2 saturated heterocycles. The number of piperazine rings is 1. The fraction of sp³-hybridized carbons (Fsp3) is 0.625. The third-order valence-corrected chi connectivity index (χ3v) is 4.57. The van der Waals surface area contributed by atoms with Crippen molar-refractivity contribution in [3.05, 3.63) is 30.1 Å². The van der Waals surface area contributed by atoms with Gasteiger partial charge in [-0.3, -0.25) is 4.90 Å². The molecule has 1 aromatic carbocycles. The average molecular weight is 277 g/mol. The number of para-hydroxylation sites is 1. The quantitative estimate of drug-likeness (QED) is 0.891. The van der Waals surface area contributed by atoms with Crippen molar-refractivity contribution in [1.82, 2.24) is 10.2 Å². The SMILES string of the molecule is CC1CNCC(N2CCN(c3ccccc3F)CC2)C1. The Balaban J connectivity index is 1.58. The Bertz CT molecular complexity index is 443. The Hall–Kier alpha value is -1.13. The first-order chi connectivity index (χ1) is 9.74. The van der Waals surface area contributed by atoms with Crippen LogP contribution in [-0.4, -0.2) is 50.2 Å². The van der Waals surface area contributed by atoms with E-state index >= 15 is 0 Å². The van der Waals surface area contributed by atoms with Crippen LogP contribution >= 0.6 is 0 Å². The van der Waals surface area contributed by atoms with Gasteiger partial charge in [-0.1, -0.05) is 19.1 Å². The van der Waals surface area contributed by atoms with Crippen molar-refractivity contribution < 1.29 is 4.39 Å². The van der Waals surface area contributed by atoms with Gasteiger partial charge in [0.15, 0.2) is 0 Å². The van der Waals surface area contributed by atoms with Crippen molar-refractivity contribution >= 4 is 5.69 Å². The van der Waals surface area contributed by atoms with Gasteiger partial charge in [0.2, 0.25) is 0 Å². The van der Waals surface area contributed by atoms with Gasteiger partial charge >= 0.3 is 0 Å². The molecule has 3 rings (SSSR count). The summed E-state index contributed by atoms with van der Waals surface area (Å²) < 4.78 is 13.8. The smallest absolute Gasteiger partial charge is 0.146 e. The first-order valence-corrected chi connectivity index (χ1v) is 7.68. The van der Waals surface area contributed by atoms with Crippen molar-refractivity contribution in [2.75, 3.05) is 44.2 Å².